The van der Waals surface area contributed by atoms with E-state index >= 15 is 0 Å². The molecule has 2 rings (SSSR count). The van der Waals surface area contributed by atoms with Crippen LogP contribution < -0.4 is 11.1 Å². The van der Waals surface area contributed by atoms with Crippen molar-refractivity contribution < 1.29 is 9.90 Å². The van der Waals surface area contributed by atoms with Gasteiger partial charge in [-0.2, -0.15) is 0 Å². The molecule has 6 heteroatoms. The molecule has 0 spiro atoms. The third-order valence-electron chi connectivity index (χ3n) is 2.92. The standard InChI is InChI=1S/C15H14BrClN2O2/c16-12-8-10(3-6-13(12)17)19-15(21)14(18)7-9-1-4-11(20)5-2-9/h1-6,8,14,20H,7,18H2,(H,19,21)/t14-/m1/s1. The van der Waals surface area contributed by atoms with Gasteiger partial charge in [-0.05, 0) is 58.2 Å². The zero-order valence-corrected chi connectivity index (χ0v) is 13.4. The Morgan fingerprint density at radius 3 is 2.57 bits per heavy atom. The normalized spacial score (nSPS) is 12.0. The van der Waals surface area contributed by atoms with Crippen LogP contribution in [-0.4, -0.2) is 17.1 Å². The number of aromatic hydroxyl groups is 1. The molecular weight excluding hydrogens is 356 g/mol. The molecule has 110 valence electrons. The number of amides is 1. The maximum atomic E-state index is 12.0. The lowest BCUT2D eigenvalue weighted by atomic mass is 10.1. The highest BCUT2D eigenvalue weighted by Gasteiger charge is 2.14. The highest BCUT2D eigenvalue weighted by atomic mass is 79.9. The summed E-state index contributed by atoms with van der Waals surface area (Å²) in [6, 6.07) is 11.0. The Balaban J connectivity index is 1.98. The van der Waals surface area contributed by atoms with Crippen LogP contribution in [0.3, 0.4) is 0 Å². The molecule has 1 atom stereocenters. The third kappa shape index (κ3) is 4.46. The average Bonchev–Trinajstić information content (AvgIpc) is 2.45. The molecule has 0 aliphatic carbocycles. The number of nitrogens with two attached hydrogens (primary N) is 1. The first-order chi connectivity index (χ1) is 9.95. The zero-order valence-electron chi connectivity index (χ0n) is 11.0. The molecule has 0 aliphatic rings. The quantitative estimate of drug-likeness (QED) is 0.774. The number of nitrogens with one attached hydrogen (secondary N) is 1. The summed E-state index contributed by atoms with van der Waals surface area (Å²) < 4.78 is 0.703. The topological polar surface area (TPSA) is 75.3 Å². The van der Waals surface area contributed by atoms with Crippen LogP contribution in [0, 0.1) is 0 Å². The lowest BCUT2D eigenvalue weighted by Crippen LogP contribution is -2.37. The van der Waals surface area contributed by atoms with Crippen LogP contribution in [0.15, 0.2) is 46.9 Å². The van der Waals surface area contributed by atoms with Crippen LogP contribution in [0.25, 0.3) is 0 Å². The Morgan fingerprint density at radius 2 is 1.95 bits per heavy atom. The molecular formula is C15H14BrClN2O2. The van der Waals surface area contributed by atoms with Crippen molar-refractivity contribution in [1.82, 2.24) is 0 Å². The van der Waals surface area contributed by atoms with Crippen LogP contribution in [0.5, 0.6) is 5.75 Å². The molecule has 0 bridgehead atoms. The molecule has 0 radical (unpaired) electrons. The van der Waals surface area contributed by atoms with Crippen molar-refractivity contribution in [2.24, 2.45) is 5.73 Å². The maximum absolute atomic E-state index is 12.0. The molecule has 0 fully saturated rings. The number of phenolic OH excluding ortho intramolecular Hbond substituents is 1. The van der Waals surface area contributed by atoms with Crippen LogP contribution in [0.4, 0.5) is 5.69 Å². The van der Waals surface area contributed by atoms with Crippen molar-refractivity contribution in [2.45, 2.75) is 12.5 Å². The predicted octanol–water partition coefficient (Wildman–Crippen LogP) is 3.32. The summed E-state index contributed by atoms with van der Waals surface area (Å²) >= 11 is 9.19. The largest absolute Gasteiger partial charge is 0.508 e. The van der Waals surface area contributed by atoms with E-state index in [0.29, 0.717) is 21.6 Å². The minimum atomic E-state index is -0.677. The van der Waals surface area contributed by atoms with Gasteiger partial charge in [0.15, 0.2) is 0 Å². The fourth-order valence-corrected chi connectivity index (χ4v) is 2.28. The van der Waals surface area contributed by atoms with Crippen molar-refractivity contribution in [2.75, 3.05) is 5.32 Å². The molecule has 21 heavy (non-hydrogen) atoms. The van der Waals surface area contributed by atoms with Crippen molar-refractivity contribution in [3.8, 4) is 5.75 Å². The van der Waals surface area contributed by atoms with Crippen LogP contribution in [-0.2, 0) is 11.2 Å². The van der Waals surface area contributed by atoms with E-state index in [1.54, 1.807) is 42.5 Å². The molecule has 4 nitrogen and oxygen atoms in total. The van der Waals surface area contributed by atoms with Gasteiger partial charge in [-0.15, -0.1) is 0 Å². The number of rotatable bonds is 4. The number of phenols is 1. The van der Waals surface area contributed by atoms with E-state index in [1.165, 1.54) is 0 Å². The van der Waals surface area contributed by atoms with Gasteiger partial charge in [0.05, 0.1) is 11.1 Å². The molecule has 2 aromatic rings. The summed E-state index contributed by atoms with van der Waals surface area (Å²) in [5.74, 6) is -0.0971. The van der Waals surface area contributed by atoms with Gasteiger partial charge in [-0.25, -0.2) is 0 Å². The first kappa shape index (κ1) is 15.8. The Kier molecular flexibility index (Phi) is 5.22. The molecule has 4 N–H and O–H groups in total. The first-order valence-electron chi connectivity index (χ1n) is 6.25. The summed E-state index contributed by atoms with van der Waals surface area (Å²) in [5, 5.41) is 12.5. The first-order valence-corrected chi connectivity index (χ1v) is 7.42. The van der Waals surface area contributed by atoms with Gasteiger partial charge in [0.1, 0.15) is 5.75 Å². The maximum Gasteiger partial charge on any atom is 0.241 e. The highest BCUT2D eigenvalue weighted by Crippen LogP contribution is 2.25. The number of benzene rings is 2. The second-order valence-electron chi connectivity index (χ2n) is 4.60. The average molecular weight is 370 g/mol. The van der Waals surface area contributed by atoms with Gasteiger partial charge < -0.3 is 16.2 Å². The highest BCUT2D eigenvalue weighted by molar-refractivity contribution is 9.10. The summed E-state index contributed by atoms with van der Waals surface area (Å²) in [6.45, 7) is 0. The lowest BCUT2D eigenvalue weighted by Gasteiger charge is -2.13. The summed E-state index contributed by atoms with van der Waals surface area (Å²) in [4.78, 5) is 12.0. The molecule has 0 aliphatic heterocycles. The Morgan fingerprint density at radius 1 is 1.29 bits per heavy atom. The molecule has 2 aromatic carbocycles. The van der Waals surface area contributed by atoms with Crippen molar-refractivity contribution in [1.29, 1.82) is 0 Å². The minimum absolute atomic E-state index is 0.183. The van der Waals surface area contributed by atoms with Gasteiger partial charge in [0, 0.05) is 10.2 Å². The van der Waals surface area contributed by atoms with Crippen molar-refractivity contribution in [3.63, 3.8) is 0 Å². The van der Waals surface area contributed by atoms with E-state index in [1.807, 2.05) is 0 Å². The number of carbonyl (C=O) groups is 1. The lowest BCUT2D eigenvalue weighted by molar-refractivity contribution is -0.117. The molecule has 0 unspecified atom stereocenters. The second-order valence-corrected chi connectivity index (χ2v) is 5.86. The van der Waals surface area contributed by atoms with E-state index < -0.39 is 6.04 Å². The van der Waals surface area contributed by atoms with Crippen molar-refractivity contribution >= 4 is 39.1 Å². The summed E-state index contributed by atoms with van der Waals surface area (Å²) in [7, 11) is 0. The van der Waals surface area contributed by atoms with E-state index in [2.05, 4.69) is 21.2 Å². The molecule has 0 saturated carbocycles. The number of carbonyl (C=O) groups excluding carboxylic acids is 1. The van der Waals surface area contributed by atoms with Crippen LogP contribution >= 0.6 is 27.5 Å². The Labute approximate surface area is 136 Å². The smallest absolute Gasteiger partial charge is 0.241 e. The number of hydrogen-bond donors (Lipinski definition) is 3. The third-order valence-corrected chi connectivity index (χ3v) is 4.13. The number of anilines is 1. The Bertz CT molecular complexity index is 647. The van der Waals surface area contributed by atoms with E-state index in [4.69, 9.17) is 17.3 Å². The fraction of sp³-hybridized carbons (Fsp3) is 0.133. The molecule has 0 heterocycles. The van der Waals surface area contributed by atoms with Gasteiger partial charge in [-0.3, -0.25) is 4.79 Å². The van der Waals surface area contributed by atoms with Gasteiger partial charge >= 0.3 is 0 Å². The number of hydrogen-bond acceptors (Lipinski definition) is 3. The number of halogens is 2. The Hall–Kier alpha value is -1.56. The van der Waals surface area contributed by atoms with Gasteiger partial charge in [0.25, 0.3) is 0 Å². The van der Waals surface area contributed by atoms with E-state index in [0.717, 1.165) is 5.56 Å². The summed E-state index contributed by atoms with van der Waals surface area (Å²) in [6.07, 6.45) is 0.390. The predicted molar refractivity (Wildman–Crippen MR) is 87.6 cm³/mol. The van der Waals surface area contributed by atoms with Crippen molar-refractivity contribution in [3.05, 3.63) is 57.5 Å². The molecule has 0 aromatic heterocycles. The van der Waals surface area contributed by atoms with E-state index in [-0.39, 0.29) is 11.7 Å². The molecule has 1 amide bonds. The molecule has 0 saturated heterocycles. The van der Waals surface area contributed by atoms with Crippen LogP contribution in [0.1, 0.15) is 5.56 Å². The fourth-order valence-electron chi connectivity index (χ4n) is 1.79. The summed E-state index contributed by atoms with van der Waals surface area (Å²) in [5.41, 5.74) is 7.40. The zero-order chi connectivity index (χ0) is 15.4. The monoisotopic (exact) mass is 368 g/mol. The van der Waals surface area contributed by atoms with Gasteiger partial charge in [0.2, 0.25) is 5.91 Å². The van der Waals surface area contributed by atoms with Crippen LogP contribution in [0.2, 0.25) is 5.02 Å². The minimum Gasteiger partial charge on any atom is -0.508 e. The van der Waals surface area contributed by atoms with E-state index in [9.17, 15) is 9.90 Å². The SMILES string of the molecule is N[C@H](Cc1ccc(O)cc1)C(=O)Nc1ccc(Cl)c(Br)c1. The van der Waals surface area contributed by atoms with Gasteiger partial charge in [-0.1, -0.05) is 23.7 Å². The second kappa shape index (κ2) is 6.93.